The van der Waals surface area contributed by atoms with E-state index in [-0.39, 0.29) is 0 Å². The molecule has 0 saturated heterocycles. The van der Waals surface area contributed by atoms with Gasteiger partial charge in [-0.25, -0.2) is 0 Å². The van der Waals surface area contributed by atoms with Gasteiger partial charge < -0.3 is 0 Å². The van der Waals surface area contributed by atoms with Crippen LogP contribution in [-0.2, 0) is 0 Å². The molecule has 0 aromatic carbocycles. The fraction of sp³-hybridized carbons (Fsp3) is 0.200. The van der Waals surface area contributed by atoms with E-state index < -0.39 is 6.00 Å². The summed E-state index contributed by atoms with van der Waals surface area (Å²) in [5.74, 6) is 0. The van der Waals surface area contributed by atoms with E-state index in [1.807, 2.05) is 6.92 Å². The van der Waals surface area contributed by atoms with Crippen molar-refractivity contribution in [2.75, 3.05) is 0 Å². The highest BCUT2D eigenvalue weighted by molar-refractivity contribution is 7.66. The maximum absolute atomic E-state index is 5.52. The zero-order chi connectivity index (χ0) is 7.49. The lowest BCUT2D eigenvalue weighted by atomic mass is 10.4. The SMILES string of the molecule is C=C(C)C=C[Si](Cl)(Cl)Cl. The Bertz CT molecular complexity index is 134. The van der Waals surface area contributed by atoms with Crippen molar-refractivity contribution in [2.45, 2.75) is 6.92 Å². The van der Waals surface area contributed by atoms with Crippen LogP contribution in [0.5, 0.6) is 0 Å². The van der Waals surface area contributed by atoms with Gasteiger partial charge in [0.05, 0.1) is 0 Å². The van der Waals surface area contributed by atoms with Gasteiger partial charge in [0, 0.05) is 0 Å². The van der Waals surface area contributed by atoms with E-state index in [4.69, 9.17) is 33.2 Å². The van der Waals surface area contributed by atoms with Gasteiger partial charge in [-0.1, -0.05) is 23.9 Å². The van der Waals surface area contributed by atoms with Crippen LogP contribution in [0.15, 0.2) is 23.9 Å². The number of allylic oxidation sites excluding steroid dienone is 2. The second-order valence-corrected chi connectivity index (χ2v) is 10.2. The fourth-order valence-corrected chi connectivity index (χ4v) is 1.28. The lowest BCUT2D eigenvalue weighted by Gasteiger charge is -1.96. The van der Waals surface area contributed by atoms with Gasteiger partial charge in [-0.05, 0) is 6.92 Å². The average Bonchev–Trinajstić information content (AvgIpc) is 1.59. The minimum Gasteiger partial charge on any atom is -0.121 e. The molecule has 0 bridgehead atoms. The molecule has 0 aliphatic rings. The molecule has 0 radical (unpaired) electrons. The van der Waals surface area contributed by atoms with Crippen molar-refractivity contribution in [3.8, 4) is 0 Å². The molecule has 0 rings (SSSR count). The van der Waals surface area contributed by atoms with Crippen LogP contribution in [0.3, 0.4) is 0 Å². The topological polar surface area (TPSA) is 0 Å². The number of halogens is 3. The average molecular weight is 202 g/mol. The van der Waals surface area contributed by atoms with Crippen molar-refractivity contribution in [3.05, 3.63) is 23.9 Å². The second kappa shape index (κ2) is 3.67. The first-order valence-electron chi connectivity index (χ1n) is 2.33. The molecule has 52 valence electrons. The van der Waals surface area contributed by atoms with Crippen LogP contribution in [0.4, 0.5) is 0 Å². The minimum absolute atomic E-state index is 0.897. The summed E-state index contributed by atoms with van der Waals surface area (Å²) in [6.07, 6.45) is 1.72. The van der Waals surface area contributed by atoms with Crippen molar-refractivity contribution in [1.29, 1.82) is 0 Å². The molecule has 0 aliphatic carbocycles. The molecule has 4 heteroatoms. The van der Waals surface area contributed by atoms with Crippen molar-refractivity contribution in [3.63, 3.8) is 0 Å². The van der Waals surface area contributed by atoms with Gasteiger partial charge in [0.15, 0.2) is 0 Å². The van der Waals surface area contributed by atoms with Crippen LogP contribution in [0.25, 0.3) is 0 Å². The first kappa shape index (κ1) is 9.57. The summed E-state index contributed by atoms with van der Waals surface area (Å²) in [4.78, 5) is 0. The number of rotatable bonds is 2. The molecule has 0 fully saturated rings. The van der Waals surface area contributed by atoms with E-state index in [1.54, 1.807) is 11.8 Å². The van der Waals surface area contributed by atoms with Crippen molar-refractivity contribution < 1.29 is 0 Å². The standard InChI is InChI=1S/C5H7Cl3Si/c1-5(2)3-4-9(6,7)8/h3-4H,1H2,2H3. The highest BCUT2D eigenvalue weighted by Crippen LogP contribution is 2.21. The molecular formula is C5H7Cl3Si. The first-order chi connectivity index (χ1) is 3.92. The molecule has 0 nitrogen and oxygen atoms in total. The smallest absolute Gasteiger partial charge is 0.121 e. The third-order valence-corrected chi connectivity index (χ3v) is 2.24. The van der Waals surface area contributed by atoms with Crippen molar-refractivity contribution >= 4 is 39.2 Å². The molecule has 0 amide bonds. The highest BCUT2D eigenvalue weighted by Gasteiger charge is 2.19. The predicted octanol–water partition coefficient (Wildman–Crippen LogP) is 3.31. The van der Waals surface area contributed by atoms with Crippen molar-refractivity contribution in [2.24, 2.45) is 0 Å². The summed E-state index contributed by atoms with van der Waals surface area (Å²) in [7, 11) is 0. The summed E-state index contributed by atoms with van der Waals surface area (Å²) in [6.45, 7) is 5.47. The van der Waals surface area contributed by atoms with Crippen LogP contribution < -0.4 is 0 Å². The molecular weight excluding hydrogens is 194 g/mol. The molecule has 9 heavy (non-hydrogen) atoms. The van der Waals surface area contributed by atoms with Gasteiger partial charge in [0.1, 0.15) is 0 Å². The second-order valence-electron chi connectivity index (χ2n) is 1.72. The molecule has 0 aliphatic heterocycles. The number of hydrogen-bond donors (Lipinski definition) is 0. The van der Waals surface area contributed by atoms with Crippen LogP contribution in [-0.4, -0.2) is 6.00 Å². The first-order valence-corrected chi connectivity index (χ1v) is 7.44. The maximum atomic E-state index is 5.52. The Labute approximate surface area is 70.2 Å². The van der Waals surface area contributed by atoms with E-state index >= 15 is 0 Å². The Morgan fingerprint density at radius 1 is 1.44 bits per heavy atom. The lowest BCUT2D eigenvalue weighted by molar-refractivity contribution is 1.57. The molecule has 0 aromatic rings. The summed E-state index contributed by atoms with van der Waals surface area (Å²) in [5.41, 5.74) is 2.49. The Morgan fingerprint density at radius 2 is 1.89 bits per heavy atom. The van der Waals surface area contributed by atoms with E-state index in [0.717, 1.165) is 5.57 Å². The summed E-state index contributed by atoms with van der Waals surface area (Å²) < 4.78 is 0. The molecule has 0 atom stereocenters. The van der Waals surface area contributed by atoms with Gasteiger partial charge in [-0.15, -0.1) is 33.2 Å². The Balaban J connectivity index is 3.86. The molecule has 0 spiro atoms. The largest absolute Gasteiger partial charge is 0.365 e. The van der Waals surface area contributed by atoms with Gasteiger partial charge in [0.2, 0.25) is 0 Å². The monoisotopic (exact) mass is 200 g/mol. The summed E-state index contributed by atoms with van der Waals surface area (Å²) in [5, 5.41) is 0. The lowest BCUT2D eigenvalue weighted by Crippen LogP contribution is -2.02. The predicted molar refractivity (Wildman–Crippen MR) is 47.3 cm³/mol. The van der Waals surface area contributed by atoms with Crippen LogP contribution in [0, 0.1) is 0 Å². The summed E-state index contributed by atoms with van der Waals surface area (Å²) >= 11 is 16.6. The zero-order valence-electron chi connectivity index (χ0n) is 5.00. The minimum atomic E-state index is -2.54. The van der Waals surface area contributed by atoms with Crippen LogP contribution >= 0.6 is 33.2 Å². The fourth-order valence-electron chi connectivity index (χ4n) is 0.237. The Kier molecular flexibility index (Phi) is 3.90. The Morgan fingerprint density at radius 3 is 2.00 bits per heavy atom. The van der Waals surface area contributed by atoms with Gasteiger partial charge in [0.25, 0.3) is 0 Å². The Hall–Kier alpha value is 0.567. The van der Waals surface area contributed by atoms with Crippen LogP contribution in [0.2, 0.25) is 0 Å². The normalized spacial score (nSPS) is 12.4. The van der Waals surface area contributed by atoms with E-state index in [9.17, 15) is 0 Å². The highest BCUT2D eigenvalue weighted by atomic mass is 35.8. The van der Waals surface area contributed by atoms with Gasteiger partial charge in [-0.2, -0.15) is 0 Å². The third kappa shape index (κ3) is 8.57. The van der Waals surface area contributed by atoms with Gasteiger partial charge in [-0.3, -0.25) is 0 Å². The van der Waals surface area contributed by atoms with E-state index in [2.05, 4.69) is 6.58 Å². The van der Waals surface area contributed by atoms with Gasteiger partial charge >= 0.3 is 6.00 Å². The quantitative estimate of drug-likeness (QED) is 0.365. The molecule has 0 heterocycles. The maximum Gasteiger partial charge on any atom is 0.365 e. The van der Waals surface area contributed by atoms with Crippen LogP contribution in [0.1, 0.15) is 6.92 Å². The van der Waals surface area contributed by atoms with Crippen molar-refractivity contribution in [1.82, 2.24) is 0 Å². The molecule has 0 N–H and O–H groups in total. The molecule has 0 saturated carbocycles. The molecule has 0 aromatic heterocycles. The zero-order valence-corrected chi connectivity index (χ0v) is 8.26. The summed E-state index contributed by atoms with van der Waals surface area (Å²) in [6, 6.07) is -2.54. The third-order valence-electron chi connectivity index (χ3n) is 0.557. The van der Waals surface area contributed by atoms with E-state index in [1.165, 1.54) is 0 Å². The number of hydrogen-bond acceptors (Lipinski definition) is 0. The molecule has 0 unspecified atom stereocenters. The van der Waals surface area contributed by atoms with E-state index in [0.29, 0.717) is 0 Å².